The first kappa shape index (κ1) is 14.3. The number of anilines is 1. The summed E-state index contributed by atoms with van der Waals surface area (Å²) in [6, 6.07) is 2.63. The Kier molecular flexibility index (Phi) is 3.41. The number of nitrogens with two attached hydrogens (primary N) is 1. The number of nitrogens with zero attached hydrogens (tertiary/aromatic N) is 3. The normalized spacial score (nSPS) is 11.9. The van der Waals surface area contributed by atoms with Crippen molar-refractivity contribution in [3.63, 3.8) is 0 Å². The molecule has 0 fully saturated rings. The van der Waals surface area contributed by atoms with Gasteiger partial charge in [0.05, 0.1) is 6.54 Å². The number of hydrogen-bond acceptors (Lipinski definition) is 3. The molecule has 1 aromatic carbocycles. The molecule has 0 amide bonds. The zero-order valence-electron chi connectivity index (χ0n) is 10.8. The van der Waals surface area contributed by atoms with Crippen LogP contribution in [0.15, 0.2) is 12.1 Å². The summed E-state index contributed by atoms with van der Waals surface area (Å²) in [6.45, 7) is 2.93. The SMILES string of the molecule is Cc1cc(Cn2nc(C(F)(F)F)nc2C)c(F)cc1N. The van der Waals surface area contributed by atoms with Gasteiger partial charge in [-0.25, -0.2) is 14.1 Å². The molecule has 0 saturated carbocycles. The van der Waals surface area contributed by atoms with E-state index in [1.54, 1.807) is 6.92 Å². The first-order valence-electron chi connectivity index (χ1n) is 5.71. The summed E-state index contributed by atoms with van der Waals surface area (Å²) in [5.74, 6) is -1.76. The molecule has 0 aliphatic carbocycles. The Labute approximate surface area is 112 Å². The number of aryl methyl sites for hydroxylation is 2. The van der Waals surface area contributed by atoms with Gasteiger partial charge < -0.3 is 5.73 Å². The van der Waals surface area contributed by atoms with Crippen molar-refractivity contribution in [1.82, 2.24) is 14.8 Å². The van der Waals surface area contributed by atoms with E-state index < -0.39 is 17.8 Å². The van der Waals surface area contributed by atoms with Crippen molar-refractivity contribution < 1.29 is 17.6 Å². The minimum absolute atomic E-state index is 0.0613. The molecule has 0 spiro atoms. The van der Waals surface area contributed by atoms with Crippen molar-refractivity contribution in [1.29, 1.82) is 0 Å². The molecule has 2 rings (SSSR count). The van der Waals surface area contributed by atoms with Gasteiger partial charge in [0, 0.05) is 11.3 Å². The van der Waals surface area contributed by atoms with E-state index in [1.165, 1.54) is 13.0 Å². The highest BCUT2D eigenvalue weighted by atomic mass is 19.4. The lowest BCUT2D eigenvalue weighted by atomic mass is 10.1. The fourth-order valence-electron chi connectivity index (χ4n) is 1.73. The van der Waals surface area contributed by atoms with Crippen LogP contribution in [-0.4, -0.2) is 14.8 Å². The lowest BCUT2D eigenvalue weighted by molar-refractivity contribution is -0.145. The van der Waals surface area contributed by atoms with Gasteiger partial charge in [0.2, 0.25) is 0 Å². The summed E-state index contributed by atoms with van der Waals surface area (Å²) in [5, 5.41) is 3.35. The summed E-state index contributed by atoms with van der Waals surface area (Å²) >= 11 is 0. The first-order chi connectivity index (χ1) is 9.18. The minimum atomic E-state index is -4.62. The summed E-state index contributed by atoms with van der Waals surface area (Å²) < 4.78 is 52.2. The van der Waals surface area contributed by atoms with Crippen LogP contribution in [-0.2, 0) is 12.7 Å². The second-order valence-corrected chi connectivity index (χ2v) is 4.44. The van der Waals surface area contributed by atoms with Crippen molar-refractivity contribution in [2.24, 2.45) is 0 Å². The lowest BCUT2D eigenvalue weighted by Gasteiger charge is -2.08. The third-order valence-electron chi connectivity index (χ3n) is 2.87. The number of hydrogen-bond donors (Lipinski definition) is 1. The molecule has 1 heterocycles. The summed E-state index contributed by atoms with van der Waals surface area (Å²) in [6.07, 6.45) is -4.62. The zero-order chi connectivity index (χ0) is 15.1. The Morgan fingerprint density at radius 2 is 1.90 bits per heavy atom. The van der Waals surface area contributed by atoms with Gasteiger partial charge in [-0.3, -0.25) is 0 Å². The molecule has 0 unspecified atom stereocenters. The van der Waals surface area contributed by atoms with Crippen LogP contribution >= 0.6 is 0 Å². The van der Waals surface area contributed by atoms with Gasteiger partial charge >= 0.3 is 6.18 Å². The summed E-state index contributed by atoms with van der Waals surface area (Å²) in [4.78, 5) is 3.33. The zero-order valence-corrected chi connectivity index (χ0v) is 10.8. The van der Waals surface area contributed by atoms with Gasteiger partial charge in [-0.2, -0.15) is 13.2 Å². The Balaban J connectivity index is 2.36. The van der Waals surface area contributed by atoms with Crippen LogP contribution in [0.5, 0.6) is 0 Å². The second kappa shape index (κ2) is 4.77. The van der Waals surface area contributed by atoms with Crippen molar-refractivity contribution in [2.45, 2.75) is 26.6 Å². The largest absolute Gasteiger partial charge is 0.453 e. The number of alkyl halides is 3. The van der Waals surface area contributed by atoms with E-state index in [9.17, 15) is 17.6 Å². The van der Waals surface area contributed by atoms with Crippen molar-refractivity contribution in [2.75, 3.05) is 5.73 Å². The predicted octanol–water partition coefficient (Wildman–Crippen LogP) is 2.68. The summed E-state index contributed by atoms with van der Waals surface area (Å²) in [7, 11) is 0. The van der Waals surface area contributed by atoms with Gasteiger partial charge in [-0.1, -0.05) is 0 Å². The first-order valence-corrected chi connectivity index (χ1v) is 5.71. The highest BCUT2D eigenvalue weighted by molar-refractivity contribution is 5.48. The standard InChI is InChI=1S/C12H12F4N4/c1-6-3-8(9(13)4-10(6)17)5-20-7(2)18-11(19-20)12(14,15)16/h3-4H,5,17H2,1-2H3. The van der Waals surface area contributed by atoms with E-state index in [0.29, 0.717) is 5.56 Å². The van der Waals surface area contributed by atoms with Crippen LogP contribution in [0.2, 0.25) is 0 Å². The smallest absolute Gasteiger partial charge is 0.398 e. The van der Waals surface area contributed by atoms with Gasteiger partial charge in [0.15, 0.2) is 0 Å². The van der Waals surface area contributed by atoms with E-state index in [2.05, 4.69) is 10.1 Å². The van der Waals surface area contributed by atoms with Crippen LogP contribution in [0.1, 0.15) is 22.8 Å². The molecule has 20 heavy (non-hydrogen) atoms. The van der Waals surface area contributed by atoms with Crippen LogP contribution < -0.4 is 5.73 Å². The Morgan fingerprint density at radius 1 is 1.25 bits per heavy atom. The molecule has 108 valence electrons. The average molecular weight is 288 g/mol. The molecule has 0 aliphatic rings. The van der Waals surface area contributed by atoms with E-state index >= 15 is 0 Å². The third kappa shape index (κ3) is 2.73. The Bertz CT molecular complexity index is 646. The molecule has 4 nitrogen and oxygen atoms in total. The van der Waals surface area contributed by atoms with Gasteiger partial charge in [0.25, 0.3) is 5.82 Å². The fraction of sp³-hybridized carbons (Fsp3) is 0.333. The number of nitrogen functional groups attached to an aromatic ring is 1. The molecule has 0 atom stereocenters. The van der Waals surface area contributed by atoms with Crippen LogP contribution in [0, 0.1) is 19.7 Å². The molecule has 0 radical (unpaired) electrons. The van der Waals surface area contributed by atoms with Crippen molar-refractivity contribution in [3.05, 3.63) is 40.7 Å². The van der Waals surface area contributed by atoms with E-state index in [1.807, 2.05) is 0 Å². The Hall–Kier alpha value is -2.12. The topological polar surface area (TPSA) is 56.7 Å². The lowest BCUT2D eigenvalue weighted by Crippen LogP contribution is -2.10. The molecule has 8 heteroatoms. The maximum atomic E-state index is 13.7. The third-order valence-corrected chi connectivity index (χ3v) is 2.87. The molecule has 1 aromatic heterocycles. The molecule has 0 bridgehead atoms. The van der Waals surface area contributed by atoms with Gasteiger partial charge in [-0.15, -0.1) is 5.10 Å². The quantitative estimate of drug-likeness (QED) is 0.683. The highest BCUT2D eigenvalue weighted by Crippen LogP contribution is 2.26. The fourth-order valence-corrected chi connectivity index (χ4v) is 1.73. The number of benzene rings is 1. The van der Waals surface area contributed by atoms with Crippen LogP contribution in [0.25, 0.3) is 0 Å². The average Bonchev–Trinajstić information content (AvgIpc) is 2.68. The van der Waals surface area contributed by atoms with Crippen LogP contribution in [0.4, 0.5) is 23.2 Å². The van der Waals surface area contributed by atoms with E-state index in [-0.39, 0.29) is 23.6 Å². The monoisotopic (exact) mass is 288 g/mol. The molecule has 2 aromatic rings. The van der Waals surface area contributed by atoms with Crippen LogP contribution in [0.3, 0.4) is 0 Å². The van der Waals surface area contributed by atoms with Gasteiger partial charge in [0.1, 0.15) is 11.6 Å². The van der Waals surface area contributed by atoms with E-state index in [4.69, 9.17) is 5.73 Å². The van der Waals surface area contributed by atoms with Crippen molar-refractivity contribution in [3.8, 4) is 0 Å². The molecule has 0 saturated heterocycles. The Morgan fingerprint density at radius 3 is 2.45 bits per heavy atom. The second-order valence-electron chi connectivity index (χ2n) is 4.44. The summed E-state index contributed by atoms with van der Waals surface area (Å²) in [5.41, 5.74) is 6.70. The highest BCUT2D eigenvalue weighted by Gasteiger charge is 2.36. The number of rotatable bonds is 2. The molecular weight excluding hydrogens is 276 g/mol. The maximum Gasteiger partial charge on any atom is 0.453 e. The number of halogens is 4. The number of aromatic nitrogens is 3. The van der Waals surface area contributed by atoms with Crippen molar-refractivity contribution >= 4 is 5.69 Å². The minimum Gasteiger partial charge on any atom is -0.398 e. The van der Waals surface area contributed by atoms with Gasteiger partial charge in [-0.05, 0) is 31.5 Å². The maximum absolute atomic E-state index is 13.7. The molecular formula is C12H12F4N4. The molecule has 0 aliphatic heterocycles. The predicted molar refractivity (Wildman–Crippen MR) is 64.4 cm³/mol. The van der Waals surface area contributed by atoms with E-state index in [0.717, 1.165) is 10.7 Å². The molecule has 2 N–H and O–H groups in total.